The van der Waals surface area contributed by atoms with Gasteiger partial charge < -0.3 is 16.0 Å². The number of likely N-dealkylation sites (tertiary alicyclic amines) is 1. The summed E-state index contributed by atoms with van der Waals surface area (Å²) in [6.45, 7) is 0.707. The van der Waals surface area contributed by atoms with E-state index in [-0.39, 0.29) is 23.9 Å². The number of nitrogens with one attached hydrogen (secondary N) is 1. The van der Waals surface area contributed by atoms with Crippen molar-refractivity contribution in [2.75, 3.05) is 18.4 Å². The Balaban J connectivity index is 1.40. The molecule has 2 atom stereocenters. The van der Waals surface area contributed by atoms with Crippen molar-refractivity contribution >= 4 is 46.6 Å². The second kappa shape index (κ2) is 10.7. The number of aliphatic imine (C=N–C) groups is 1. The monoisotopic (exact) mass is 523 g/mol. The van der Waals surface area contributed by atoms with Crippen LogP contribution in [0.15, 0.2) is 83.9 Å². The van der Waals surface area contributed by atoms with E-state index < -0.39 is 22.7 Å². The molecule has 2 heterocycles. The molecule has 10 nitrogen and oxygen atoms in total. The number of benzene rings is 3. The van der Waals surface area contributed by atoms with Crippen molar-refractivity contribution in [1.82, 2.24) is 4.90 Å². The van der Waals surface area contributed by atoms with Crippen LogP contribution in [0, 0.1) is 16.0 Å². The molecule has 196 valence electrons. The lowest BCUT2D eigenvalue weighted by atomic mass is 9.90. The largest absolute Gasteiger partial charge is 0.369 e. The molecule has 3 N–H and O–H groups in total. The molecule has 0 bridgehead atoms. The topological polar surface area (TPSA) is 148 Å². The molecule has 2 unspecified atom stereocenters. The molecule has 0 radical (unpaired) electrons. The van der Waals surface area contributed by atoms with Crippen molar-refractivity contribution in [3.63, 3.8) is 0 Å². The fourth-order valence-electron chi connectivity index (χ4n) is 4.79. The summed E-state index contributed by atoms with van der Waals surface area (Å²) in [4.78, 5) is 53.8. The number of nitrogens with zero attached hydrogens (tertiary/aromatic N) is 3. The third-order valence-electron chi connectivity index (χ3n) is 6.82. The van der Waals surface area contributed by atoms with Gasteiger partial charge in [0.1, 0.15) is 5.92 Å². The van der Waals surface area contributed by atoms with Crippen LogP contribution in [0.2, 0.25) is 0 Å². The van der Waals surface area contributed by atoms with E-state index in [4.69, 9.17) is 10.7 Å². The Morgan fingerprint density at radius 3 is 2.51 bits per heavy atom. The van der Waals surface area contributed by atoms with Crippen LogP contribution in [-0.4, -0.2) is 46.3 Å². The Labute approximate surface area is 224 Å². The molecule has 1 saturated heterocycles. The number of rotatable bonds is 8. The Hall–Kier alpha value is -5.12. The number of carbonyl (C=O) groups is 3. The van der Waals surface area contributed by atoms with Crippen LogP contribution < -0.4 is 11.1 Å². The molecule has 0 spiro atoms. The minimum atomic E-state index is -0.816. The number of hydrogen-bond acceptors (Lipinski definition) is 6. The number of nitro benzene ring substituents is 1. The molecule has 0 aliphatic carbocycles. The molecular formula is C29H25N5O5. The van der Waals surface area contributed by atoms with Crippen LogP contribution >= 0.6 is 0 Å². The van der Waals surface area contributed by atoms with E-state index in [1.165, 1.54) is 12.1 Å². The fraction of sp³-hybridized carbons (Fsp3) is 0.172. The maximum Gasteiger partial charge on any atom is 0.269 e. The molecule has 0 aromatic heterocycles. The molecule has 3 aromatic rings. The van der Waals surface area contributed by atoms with Gasteiger partial charge in [-0.15, -0.1) is 0 Å². The highest BCUT2D eigenvalue weighted by atomic mass is 16.6. The van der Waals surface area contributed by atoms with Crippen LogP contribution in [0.3, 0.4) is 0 Å². The zero-order valence-corrected chi connectivity index (χ0v) is 20.8. The highest BCUT2D eigenvalue weighted by Crippen LogP contribution is 2.38. The van der Waals surface area contributed by atoms with Crippen molar-refractivity contribution < 1.29 is 19.3 Å². The van der Waals surface area contributed by atoms with Gasteiger partial charge in [-0.05, 0) is 29.3 Å². The number of anilines is 1. The van der Waals surface area contributed by atoms with E-state index in [0.29, 0.717) is 35.7 Å². The first-order chi connectivity index (χ1) is 18.8. The Morgan fingerprint density at radius 1 is 1.10 bits per heavy atom. The summed E-state index contributed by atoms with van der Waals surface area (Å²) in [7, 11) is 0. The summed E-state index contributed by atoms with van der Waals surface area (Å²) in [5.41, 5.74) is 8.95. The lowest BCUT2D eigenvalue weighted by Crippen LogP contribution is -2.28. The van der Waals surface area contributed by atoms with Crippen LogP contribution in [0.4, 0.5) is 17.1 Å². The highest BCUT2D eigenvalue weighted by Gasteiger charge is 2.36. The SMILES string of the molecule is NC(=O)C1CC(=O)N(CC=Cc2ccc(N=C(c3ccccc3)C3C(=O)Nc4ccc([N+](=O)[O-])cc43)cc2)C1. The summed E-state index contributed by atoms with van der Waals surface area (Å²) in [6, 6.07) is 20.9. The molecular weight excluding hydrogens is 498 g/mol. The number of nitro groups is 1. The molecule has 2 aliphatic rings. The van der Waals surface area contributed by atoms with E-state index in [1.807, 2.05) is 66.7 Å². The number of carbonyl (C=O) groups excluding carboxylic acids is 3. The van der Waals surface area contributed by atoms with Gasteiger partial charge in [-0.1, -0.05) is 54.6 Å². The van der Waals surface area contributed by atoms with E-state index >= 15 is 0 Å². The second-order valence-electron chi connectivity index (χ2n) is 9.41. The molecule has 2 aliphatic heterocycles. The van der Waals surface area contributed by atoms with Gasteiger partial charge in [0.05, 0.1) is 22.2 Å². The van der Waals surface area contributed by atoms with Crippen LogP contribution in [0.1, 0.15) is 29.0 Å². The van der Waals surface area contributed by atoms with Gasteiger partial charge in [-0.2, -0.15) is 0 Å². The van der Waals surface area contributed by atoms with Crippen molar-refractivity contribution in [3.8, 4) is 0 Å². The van der Waals surface area contributed by atoms with Gasteiger partial charge >= 0.3 is 0 Å². The minimum Gasteiger partial charge on any atom is -0.369 e. The number of hydrogen-bond donors (Lipinski definition) is 2. The molecule has 10 heteroatoms. The van der Waals surface area contributed by atoms with Crippen molar-refractivity contribution in [1.29, 1.82) is 0 Å². The van der Waals surface area contributed by atoms with Gasteiger partial charge in [0.2, 0.25) is 17.7 Å². The number of nitrogens with two attached hydrogens (primary N) is 1. The molecule has 0 saturated carbocycles. The zero-order valence-electron chi connectivity index (χ0n) is 20.8. The lowest BCUT2D eigenvalue weighted by Gasteiger charge is -2.14. The minimum absolute atomic E-state index is 0.0931. The van der Waals surface area contributed by atoms with Crippen molar-refractivity contribution in [2.24, 2.45) is 16.6 Å². The molecule has 39 heavy (non-hydrogen) atoms. The first-order valence-corrected chi connectivity index (χ1v) is 12.4. The normalized spacial score (nSPS) is 18.9. The molecule has 1 fully saturated rings. The number of fused-ring (bicyclic) bond motifs is 1. The molecule has 3 aromatic carbocycles. The average Bonchev–Trinajstić information content (AvgIpc) is 3.47. The maximum atomic E-state index is 13.1. The van der Waals surface area contributed by atoms with Gasteiger partial charge in [0.15, 0.2) is 0 Å². The average molecular weight is 524 g/mol. The van der Waals surface area contributed by atoms with Crippen LogP contribution in [0.5, 0.6) is 0 Å². The summed E-state index contributed by atoms with van der Waals surface area (Å²) in [5, 5.41) is 14.2. The van der Waals surface area contributed by atoms with E-state index in [2.05, 4.69) is 5.32 Å². The van der Waals surface area contributed by atoms with Gasteiger partial charge in [-0.25, -0.2) is 0 Å². The smallest absolute Gasteiger partial charge is 0.269 e. The van der Waals surface area contributed by atoms with Crippen molar-refractivity contribution in [3.05, 3.63) is 106 Å². The summed E-state index contributed by atoms with van der Waals surface area (Å²) < 4.78 is 0. The highest BCUT2D eigenvalue weighted by molar-refractivity contribution is 6.24. The third kappa shape index (κ3) is 5.45. The molecule has 5 rings (SSSR count). The van der Waals surface area contributed by atoms with Crippen LogP contribution in [0.25, 0.3) is 6.08 Å². The summed E-state index contributed by atoms with van der Waals surface area (Å²) in [6.07, 6.45) is 3.87. The van der Waals surface area contributed by atoms with Crippen molar-refractivity contribution in [2.45, 2.75) is 12.3 Å². The number of amides is 3. The summed E-state index contributed by atoms with van der Waals surface area (Å²) in [5.74, 6) is -2.12. The second-order valence-corrected chi connectivity index (χ2v) is 9.41. The maximum absolute atomic E-state index is 13.1. The lowest BCUT2D eigenvalue weighted by molar-refractivity contribution is -0.384. The standard InChI is InChI=1S/C29H25N5O5/c30-28(36)20-15-25(35)33(17-20)14-4-5-18-8-10-21(11-9-18)31-27(19-6-2-1-3-7-19)26-23-16-22(34(38)39)12-13-24(23)32-29(26)37/h1-13,16,20,26H,14-15,17H2,(H2,30,36)(H,32,37). The number of non-ortho nitro benzene ring substituents is 1. The third-order valence-corrected chi connectivity index (χ3v) is 6.82. The van der Waals surface area contributed by atoms with E-state index in [1.54, 1.807) is 11.0 Å². The quantitative estimate of drug-likeness (QED) is 0.262. The van der Waals surface area contributed by atoms with E-state index in [9.17, 15) is 24.5 Å². The Morgan fingerprint density at radius 2 is 1.85 bits per heavy atom. The van der Waals surface area contributed by atoms with Gasteiger partial charge in [-0.3, -0.25) is 29.5 Å². The number of primary amides is 1. The molecule has 3 amide bonds. The first kappa shape index (κ1) is 25.5. The van der Waals surface area contributed by atoms with Crippen LogP contribution in [-0.2, 0) is 14.4 Å². The Bertz CT molecular complexity index is 1510. The predicted molar refractivity (Wildman–Crippen MR) is 146 cm³/mol. The first-order valence-electron chi connectivity index (χ1n) is 12.4. The summed E-state index contributed by atoms with van der Waals surface area (Å²) >= 11 is 0. The predicted octanol–water partition coefficient (Wildman–Crippen LogP) is 3.80. The Kier molecular flexibility index (Phi) is 7.00. The zero-order chi connectivity index (χ0) is 27.5. The fourth-order valence-corrected chi connectivity index (χ4v) is 4.79. The van der Waals surface area contributed by atoms with Gasteiger partial charge in [0, 0.05) is 42.9 Å². The van der Waals surface area contributed by atoms with E-state index in [0.717, 1.165) is 11.1 Å². The van der Waals surface area contributed by atoms with Gasteiger partial charge in [0.25, 0.3) is 5.69 Å².